The van der Waals surface area contributed by atoms with Crippen LogP contribution in [-0.4, -0.2) is 6.04 Å². The summed E-state index contributed by atoms with van der Waals surface area (Å²) in [5.41, 5.74) is 1.19. The molecule has 3 heteroatoms. The highest BCUT2D eigenvalue weighted by molar-refractivity contribution is 9.10. The molecule has 0 bridgehead atoms. The number of halogens is 2. The van der Waals surface area contributed by atoms with Gasteiger partial charge in [-0.25, -0.2) is 0 Å². The molecule has 94 valence electrons. The molecule has 1 aromatic carbocycles. The number of benzene rings is 1. The van der Waals surface area contributed by atoms with E-state index in [1.165, 1.54) is 24.8 Å². The highest BCUT2D eigenvalue weighted by Gasteiger charge is 2.23. The van der Waals surface area contributed by atoms with E-state index in [9.17, 15) is 0 Å². The molecule has 1 nitrogen and oxygen atoms in total. The summed E-state index contributed by atoms with van der Waals surface area (Å²) >= 11 is 9.71. The van der Waals surface area contributed by atoms with Crippen LogP contribution in [0.25, 0.3) is 0 Å². The average Bonchev–Trinajstić information content (AvgIpc) is 2.63. The molecular weight excluding hydrogens is 298 g/mol. The number of nitrogens with one attached hydrogen (secondary N) is 1. The highest BCUT2D eigenvalue weighted by atomic mass is 79.9. The van der Waals surface area contributed by atoms with Gasteiger partial charge in [0.05, 0.1) is 0 Å². The van der Waals surface area contributed by atoms with Crippen LogP contribution in [0.3, 0.4) is 0 Å². The zero-order valence-electron chi connectivity index (χ0n) is 10.3. The van der Waals surface area contributed by atoms with Gasteiger partial charge in [0.15, 0.2) is 0 Å². The fraction of sp³-hybridized carbons (Fsp3) is 0.571. The predicted molar refractivity (Wildman–Crippen MR) is 77.5 cm³/mol. The first-order valence-corrected chi connectivity index (χ1v) is 7.44. The van der Waals surface area contributed by atoms with Crippen molar-refractivity contribution >= 4 is 27.5 Å². The summed E-state index contributed by atoms with van der Waals surface area (Å²) in [5, 5.41) is 4.52. The van der Waals surface area contributed by atoms with Gasteiger partial charge >= 0.3 is 0 Å². The Bertz CT molecular complexity index is 394. The second-order valence-corrected chi connectivity index (χ2v) is 6.49. The Morgan fingerprint density at radius 1 is 1.41 bits per heavy atom. The van der Waals surface area contributed by atoms with Crippen molar-refractivity contribution in [1.82, 2.24) is 5.32 Å². The molecule has 2 rings (SSSR count). The molecule has 0 amide bonds. The number of hydrogen-bond donors (Lipinski definition) is 1. The maximum absolute atomic E-state index is 6.27. The third-order valence-electron chi connectivity index (χ3n) is 3.61. The van der Waals surface area contributed by atoms with E-state index in [4.69, 9.17) is 11.6 Å². The van der Waals surface area contributed by atoms with Crippen molar-refractivity contribution in [2.24, 2.45) is 5.92 Å². The molecule has 0 aliphatic heterocycles. The van der Waals surface area contributed by atoms with Crippen LogP contribution in [0.5, 0.6) is 0 Å². The minimum Gasteiger partial charge on any atom is -0.307 e. The molecule has 0 aromatic heterocycles. The van der Waals surface area contributed by atoms with Crippen LogP contribution in [0.1, 0.15) is 44.7 Å². The van der Waals surface area contributed by atoms with Gasteiger partial charge < -0.3 is 5.32 Å². The standard InChI is InChI=1S/C14H19BrClN/c1-9-3-5-12(7-9)17-10(2)13-6-4-11(15)8-14(13)16/h4,6,8-10,12,17H,3,5,7H2,1-2H3. The first-order valence-electron chi connectivity index (χ1n) is 6.27. The summed E-state index contributed by atoms with van der Waals surface area (Å²) in [6, 6.07) is 7.09. The van der Waals surface area contributed by atoms with E-state index in [1.807, 2.05) is 6.07 Å². The van der Waals surface area contributed by atoms with Gasteiger partial charge in [-0.3, -0.25) is 0 Å². The molecule has 17 heavy (non-hydrogen) atoms. The summed E-state index contributed by atoms with van der Waals surface area (Å²) in [7, 11) is 0. The minimum absolute atomic E-state index is 0.325. The molecule has 0 radical (unpaired) electrons. The van der Waals surface area contributed by atoms with Crippen molar-refractivity contribution in [3.05, 3.63) is 33.3 Å². The topological polar surface area (TPSA) is 12.0 Å². The Morgan fingerprint density at radius 3 is 2.76 bits per heavy atom. The quantitative estimate of drug-likeness (QED) is 0.832. The zero-order chi connectivity index (χ0) is 12.4. The third kappa shape index (κ3) is 3.46. The normalized spacial score (nSPS) is 26.1. The highest BCUT2D eigenvalue weighted by Crippen LogP contribution is 2.30. The van der Waals surface area contributed by atoms with Crippen LogP contribution in [0, 0.1) is 5.92 Å². The van der Waals surface area contributed by atoms with Crippen molar-refractivity contribution in [3.8, 4) is 0 Å². The van der Waals surface area contributed by atoms with E-state index < -0.39 is 0 Å². The fourth-order valence-electron chi connectivity index (χ4n) is 2.65. The maximum Gasteiger partial charge on any atom is 0.0464 e. The molecule has 1 aliphatic rings. The molecular formula is C14H19BrClN. The maximum atomic E-state index is 6.27. The van der Waals surface area contributed by atoms with Crippen molar-refractivity contribution in [1.29, 1.82) is 0 Å². The van der Waals surface area contributed by atoms with Gasteiger partial charge in [-0.2, -0.15) is 0 Å². The van der Waals surface area contributed by atoms with Crippen LogP contribution in [-0.2, 0) is 0 Å². The van der Waals surface area contributed by atoms with Gasteiger partial charge in [0.1, 0.15) is 0 Å². The van der Waals surface area contributed by atoms with Gasteiger partial charge in [-0.1, -0.05) is 40.5 Å². The minimum atomic E-state index is 0.325. The molecule has 1 N–H and O–H groups in total. The largest absolute Gasteiger partial charge is 0.307 e. The van der Waals surface area contributed by atoms with Gasteiger partial charge in [-0.05, 0) is 49.8 Å². The lowest BCUT2D eigenvalue weighted by molar-refractivity contribution is 0.449. The summed E-state index contributed by atoms with van der Waals surface area (Å²) in [6.45, 7) is 4.52. The summed E-state index contributed by atoms with van der Waals surface area (Å²) < 4.78 is 1.04. The van der Waals surface area contributed by atoms with Crippen molar-refractivity contribution in [2.45, 2.75) is 45.2 Å². The van der Waals surface area contributed by atoms with E-state index >= 15 is 0 Å². The molecule has 3 unspecified atom stereocenters. The van der Waals surface area contributed by atoms with E-state index in [1.54, 1.807) is 0 Å². The Labute approximate surface area is 117 Å². The van der Waals surface area contributed by atoms with Crippen LogP contribution < -0.4 is 5.32 Å². The van der Waals surface area contributed by atoms with Crippen molar-refractivity contribution in [2.75, 3.05) is 0 Å². The Hall–Kier alpha value is -0.0500. The molecule has 0 spiro atoms. The third-order valence-corrected chi connectivity index (χ3v) is 4.43. The Balaban J connectivity index is 2.01. The molecule has 0 saturated heterocycles. The summed E-state index contributed by atoms with van der Waals surface area (Å²) in [4.78, 5) is 0. The van der Waals surface area contributed by atoms with Gasteiger partial charge in [0.2, 0.25) is 0 Å². The number of rotatable bonds is 3. The predicted octanol–water partition coefficient (Wildman–Crippen LogP) is 4.94. The molecule has 1 saturated carbocycles. The lowest BCUT2D eigenvalue weighted by Gasteiger charge is -2.21. The van der Waals surface area contributed by atoms with E-state index in [-0.39, 0.29) is 0 Å². The van der Waals surface area contributed by atoms with Crippen molar-refractivity contribution < 1.29 is 0 Å². The molecule has 1 aliphatic carbocycles. The van der Waals surface area contributed by atoms with Crippen LogP contribution in [0.2, 0.25) is 5.02 Å². The molecule has 1 aromatic rings. The molecule has 0 heterocycles. The van der Waals surface area contributed by atoms with Gasteiger partial charge in [-0.15, -0.1) is 0 Å². The van der Waals surface area contributed by atoms with Gasteiger partial charge in [0.25, 0.3) is 0 Å². The Morgan fingerprint density at radius 2 is 2.18 bits per heavy atom. The SMILES string of the molecule is CC1CCC(NC(C)c2ccc(Br)cc2Cl)C1. The van der Waals surface area contributed by atoms with E-state index in [0.717, 1.165) is 15.4 Å². The second-order valence-electron chi connectivity index (χ2n) is 5.17. The van der Waals surface area contributed by atoms with Crippen molar-refractivity contribution in [3.63, 3.8) is 0 Å². The van der Waals surface area contributed by atoms with E-state index in [0.29, 0.717) is 12.1 Å². The van der Waals surface area contributed by atoms with Crippen LogP contribution in [0.4, 0.5) is 0 Å². The fourth-order valence-corrected chi connectivity index (χ4v) is 3.49. The molecule has 3 atom stereocenters. The smallest absolute Gasteiger partial charge is 0.0464 e. The molecule has 1 fully saturated rings. The monoisotopic (exact) mass is 315 g/mol. The van der Waals surface area contributed by atoms with Crippen LogP contribution in [0.15, 0.2) is 22.7 Å². The number of hydrogen-bond acceptors (Lipinski definition) is 1. The first kappa shape index (κ1) is 13.4. The summed E-state index contributed by atoms with van der Waals surface area (Å²) in [5.74, 6) is 0.861. The zero-order valence-corrected chi connectivity index (χ0v) is 12.7. The van der Waals surface area contributed by atoms with E-state index in [2.05, 4.69) is 47.2 Å². The first-order chi connectivity index (χ1) is 8.06. The lowest BCUT2D eigenvalue weighted by Crippen LogP contribution is -2.29. The average molecular weight is 317 g/mol. The second kappa shape index (κ2) is 5.73. The van der Waals surface area contributed by atoms with Gasteiger partial charge in [0, 0.05) is 21.6 Å². The lowest BCUT2D eigenvalue weighted by atomic mass is 10.1. The Kier molecular flexibility index (Phi) is 4.51. The summed E-state index contributed by atoms with van der Waals surface area (Å²) in [6.07, 6.45) is 3.93. The van der Waals surface area contributed by atoms with Crippen LogP contribution >= 0.6 is 27.5 Å².